The Hall–Kier alpha value is -1.98. The lowest BCUT2D eigenvalue weighted by atomic mass is 10.00. The average Bonchev–Trinajstić information content (AvgIpc) is 2.53. The van der Waals surface area contributed by atoms with E-state index in [0.29, 0.717) is 11.4 Å². The van der Waals surface area contributed by atoms with Crippen LogP contribution in [-0.2, 0) is 6.42 Å². The number of rotatable bonds is 6. The molecule has 2 aromatic rings. The molecule has 1 atom stereocenters. The van der Waals surface area contributed by atoms with Crippen LogP contribution in [0.3, 0.4) is 0 Å². The number of aliphatic hydroxyl groups excluding tert-OH is 1. The van der Waals surface area contributed by atoms with Gasteiger partial charge in [0.25, 0.3) is 5.91 Å². The van der Waals surface area contributed by atoms with E-state index >= 15 is 0 Å². The van der Waals surface area contributed by atoms with Gasteiger partial charge in [0.2, 0.25) is 0 Å². The van der Waals surface area contributed by atoms with E-state index < -0.39 is 11.7 Å². The number of carbonyl (C=O) groups excluding carboxylic acids is 1. The van der Waals surface area contributed by atoms with Gasteiger partial charge in [0.15, 0.2) is 5.82 Å². The minimum Gasteiger partial charge on any atom is -0.396 e. The standard InChI is InChI=1S/C16H16ClFN2O2/c17-13-3-1-11(2-4-13)7-12(10-21)8-20-16(22)14-5-6-19-9-15(14)18/h1-6,9,12,21H,7-8,10H2,(H,20,22)/t12-/m0/s1. The predicted molar refractivity (Wildman–Crippen MR) is 82.3 cm³/mol. The summed E-state index contributed by atoms with van der Waals surface area (Å²) in [6.07, 6.45) is 2.94. The van der Waals surface area contributed by atoms with E-state index in [2.05, 4.69) is 10.3 Å². The predicted octanol–water partition coefficient (Wildman–Crippen LogP) is 2.46. The Balaban J connectivity index is 1.92. The molecule has 1 heterocycles. The summed E-state index contributed by atoms with van der Waals surface area (Å²) >= 11 is 5.82. The summed E-state index contributed by atoms with van der Waals surface area (Å²) in [6.45, 7) is 0.168. The van der Waals surface area contributed by atoms with E-state index in [0.717, 1.165) is 11.8 Å². The van der Waals surface area contributed by atoms with Crippen LogP contribution in [-0.4, -0.2) is 29.1 Å². The zero-order chi connectivity index (χ0) is 15.9. The summed E-state index contributed by atoms with van der Waals surface area (Å²) in [7, 11) is 0. The fourth-order valence-electron chi connectivity index (χ4n) is 2.05. The Morgan fingerprint density at radius 3 is 2.68 bits per heavy atom. The van der Waals surface area contributed by atoms with Crippen LogP contribution in [0, 0.1) is 11.7 Å². The highest BCUT2D eigenvalue weighted by Crippen LogP contribution is 2.13. The van der Waals surface area contributed by atoms with Crippen LogP contribution in [0.15, 0.2) is 42.7 Å². The molecule has 0 spiro atoms. The minimum atomic E-state index is -0.668. The summed E-state index contributed by atoms with van der Waals surface area (Å²) in [6, 6.07) is 8.61. The SMILES string of the molecule is O=C(NC[C@@H](CO)Cc1ccc(Cl)cc1)c1ccncc1F. The Labute approximate surface area is 133 Å². The lowest BCUT2D eigenvalue weighted by Gasteiger charge is -2.15. The summed E-state index contributed by atoms with van der Waals surface area (Å²) in [5, 5.41) is 12.7. The van der Waals surface area contributed by atoms with Crippen molar-refractivity contribution in [3.05, 3.63) is 64.7 Å². The second-order valence-electron chi connectivity index (χ2n) is 4.94. The molecule has 22 heavy (non-hydrogen) atoms. The van der Waals surface area contributed by atoms with E-state index in [1.165, 1.54) is 12.3 Å². The van der Waals surface area contributed by atoms with Gasteiger partial charge in [-0.3, -0.25) is 9.78 Å². The summed E-state index contributed by atoms with van der Waals surface area (Å²) in [4.78, 5) is 15.5. The van der Waals surface area contributed by atoms with Gasteiger partial charge in [-0.15, -0.1) is 0 Å². The van der Waals surface area contributed by atoms with Gasteiger partial charge in [-0.2, -0.15) is 0 Å². The zero-order valence-corrected chi connectivity index (χ0v) is 12.6. The van der Waals surface area contributed by atoms with Gasteiger partial charge in [-0.05, 0) is 30.2 Å². The number of aromatic nitrogens is 1. The van der Waals surface area contributed by atoms with Crippen LogP contribution in [0.1, 0.15) is 15.9 Å². The van der Waals surface area contributed by atoms with Crippen LogP contribution in [0.2, 0.25) is 5.02 Å². The number of hydrogen-bond donors (Lipinski definition) is 2. The first-order valence-electron chi connectivity index (χ1n) is 6.83. The molecule has 0 radical (unpaired) electrons. The third-order valence-electron chi connectivity index (χ3n) is 3.26. The van der Waals surface area contributed by atoms with Crippen molar-refractivity contribution >= 4 is 17.5 Å². The third kappa shape index (κ3) is 4.51. The molecule has 1 amide bonds. The Kier molecular flexibility index (Phi) is 5.86. The number of nitrogens with one attached hydrogen (secondary N) is 1. The first kappa shape index (κ1) is 16.4. The Morgan fingerprint density at radius 2 is 2.05 bits per heavy atom. The van der Waals surface area contributed by atoms with Crippen molar-refractivity contribution in [3.63, 3.8) is 0 Å². The number of pyridine rings is 1. The largest absolute Gasteiger partial charge is 0.396 e. The maximum Gasteiger partial charge on any atom is 0.254 e. The summed E-state index contributed by atoms with van der Waals surface area (Å²) < 4.78 is 13.4. The maximum atomic E-state index is 13.4. The summed E-state index contributed by atoms with van der Waals surface area (Å²) in [5.74, 6) is -1.34. The lowest BCUT2D eigenvalue weighted by Crippen LogP contribution is -2.32. The topological polar surface area (TPSA) is 62.2 Å². The molecule has 1 aromatic heterocycles. The molecule has 116 valence electrons. The third-order valence-corrected chi connectivity index (χ3v) is 3.52. The van der Waals surface area contributed by atoms with Gasteiger partial charge < -0.3 is 10.4 Å². The van der Waals surface area contributed by atoms with Crippen LogP contribution >= 0.6 is 11.6 Å². The van der Waals surface area contributed by atoms with Crippen molar-refractivity contribution in [2.24, 2.45) is 5.92 Å². The van der Waals surface area contributed by atoms with E-state index in [1.54, 1.807) is 12.1 Å². The molecule has 2 N–H and O–H groups in total. The zero-order valence-electron chi connectivity index (χ0n) is 11.8. The molecule has 4 nitrogen and oxygen atoms in total. The maximum absolute atomic E-state index is 13.4. The first-order valence-corrected chi connectivity index (χ1v) is 7.21. The molecule has 0 bridgehead atoms. The van der Waals surface area contributed by atoms with Gasteiger partial charge in [0.05, 0.1) is 11.8 Å². The van der Waals surface area contributed by atoms with Crippen molar-refractivity contribution in [2.75, 3.05) is 13.2 Å². The Bertz CT molecular complexity index is 634. The van der Waals surface area contributed by atoms with Crippen LogP contribution in [0.5, 0.6) is 0 Å². The minimum absolute atomic E-state index is 0.0572. The first-order chi connectivity index (χ1) is 10.6. The van der Waals surface area contributed by atoms with Gasteiger partial charge in [0, 0.05) is 30.3 Å². The Morgan fingerprint density at radius 1 is 1.32 bits per heavy atom. The molecule has 6 heteroatoms. The van der Waals surface area contributed by atoms with Crippen molar-refractivity contribution in [3.8, 4) is 0 Å². The van der Waals surface area contributed by atoms with Crippen LogP contribution in [0.25, 0.3) is 0 Å². The fraction of sp³-hybridized carbons (Fsp3) is 0.250. The van der Waals surface area contributed by atoms with Crippen molar-refractivity contribution in [2.45, 2.75) is 6.42 Å². The molecular formula is C16H16ClFN2O2. The van der Waals surface area contributed by atoms with Gasteiger partial charge in [0.1, 0.15) is 0 Å². The monoisotopic (exact) mass is 322 g/mol. The molecule has 0 aliphatic heterocycles. The molecule has 0 fully saturated rings. The van der Waals surface area contributed by atoms with Crippen molar-refractivity contribution in [1.29, 1.82) is 0 Å². The number of halogens is 2. The number of benzene rings is 1. The van der Waals surface area contributed by atoms with Crippen LogP contribution < -0.4 is 5.32 Å². The van der Waals surface area contributed by atoms with E-state index in [4.69, 9.17) is 11.6 Å². The molecule has 1 aromatic carbocycles. The lowest BCUT2D eigenvalue weighted by molar-refractivity contribution is 0.0935. The molecule has 2 rings (SSSR count). The van der Waals surface area contributed by atoms with Crippen molar-refractivity contribution in [1.82, 2.24) is 10.3 Å². The number of nitrogens with zero attached hydrogens (tertiary/aromatic N) is 1. The highest BCUT2D eigenvalue weighted by atomic mass is 35.5. The number of amides is 1. The summed E-state index contributed by atoms with van der Waals surface area (Å²) in [5.41, 5.74) is 0.950. The van der Waals surface area contributed by atoms with E-state index in [-0.39, 0.29) is 24.6 Å². The van der Waals surface area contributed by atoms with Crippen LogP contribution in [0.4, 0.5) is 4.39 Å². The molecule has 0 aliphatic carbocycles. The molecular weight excluding hydrogens is 307 g/mol. The van der Waals surface area contributed by atoms with Gasteiger partial charge in [-0.25, -0.2) is 4.39 Å². The van der Waals surface area contributed by atoms with E-state index in [1.807, 2.05) is 12.1 Å². The highest BCUT2D eigenvalue weighted by molar-refractivity contribution is 6.30. The fourth-order valence-corrected chi connectivity index (χ4v) is 2.17. The number of hydrogen-bond acceptors (Lipinski definition) is 3. The van der Waals surface area contributed by atoms with Gasteiger partial charge >= 0.3 is 0 Å². The quantitative estimate of drug-likeness (QED) is 0.858. The van der Waals surface area contributed by atoms with Crippen molar-refractivity contribution < 1.29 is 14.3 Å². The molecule has 0 aliphatic rings. The molecule has 0 unspecified atom stereocenters. The van der Waals surface area contributed by atoms with E-state index in [9.17, 15) is 14.3 Å². The number of aliphatic hydroxyl groups is 1. The molecule has 0 saturated carbocycles. The molecule has 0 saturated heterocycles. The number of carbonyl (C=O) groups is 1. The smallest absolute Gasteiger partial charge is 0.254 e. The van der Waals surface area contributed by atoms with Gasteiger partial charge in [-0.1, -0.05) is 23.7 Å². The second kappa shape index (κ2) is 7.87. The normalized spacial score (nSPS) is 12.0. The second-order valence-corrected chi connectivity index (χ2v) is 5.38. The average molecular weight is 323 g/mol. The highest BCUT2D eigenvalue weighted by Gasteiger charge is 2.14.